The van der Waals surface area contributed by atoms with Crippen molar-refractivity contribution in [1.29, 1.82) is 0 Å². The predicted octanol–water partition coefficient (Wildman–Crippen LogP) is 2.44. The monoisotopic (exact) mass is 362 g/mol. The molecule has 1 amide bonds. The molecule has 1 aromatic rings. The second-order valence-electron chi connectivity index (χ2n) is 8.34. The van der Waals surface area contributed by atoms with Crippen molar-refractivity contribution in [2.45, 2.75) is 34.1 Å². The Morgan fingerprint density at radius 2 is 1.56 bits per heavy atom. The molecule has 0 saturated carbocycles. The Bertz CT molecular complexity index is 1060. The van der Waals surface area contributed by atoms with Gasteiger partial charge < -0.3 is 10.3 Å². The Hall–Kier alpha value is -2.88. The fourth-order valence-electron chi connectivity index (χ4n) is 3.24. The molecule has 0 unspecified atom stereocenters. The Balaban J connectivity index is 0.000000156. The van der Waals surface area contributed by atoms with E-state index < -0.39 is 0 Å². The molecule has 1 saturated heterocycles. The zero-order valence-electron chi connectivity index (χ0n) is 16.3. The Kier molecular flexibility index (Phi) is 4.92. The highest BCUT2D eigenvalue weighted by Gasteiger charge is 2.24. The Morgan fingerprint density at radius 1 is 0.889 bits per heavy atom. The molecular formula is C23H26N2O2. The fourth-order valence-corrected chi connectivity index (χ4v) is 3.24. The van der Waals surface area contributed by atoms with Crippen molar-refractivity contribution in [3.63, 3.8) is 0 Å². The molecule has 1 aromatic heterocycles. The lowest BCUT2D eigenvalue weighted by Crippen LogP contribution is -2.34. The molecule has 4 heteroatoms. The summed E-state index contributed by atoms with van der Waals surface area (Å²) in [6.07, 6.45) is 17.0. The van der Waals surface area contributed by atoms with Gasteiger partial charge >= 0.3 is 0 Å². The maximum absolute atomic E-state index is 11.2. The third kappa shape index (κ3) is 4.85. The van der Waals surface area contributed by atoms with Crippen LogP contribution in [0.2, 0.25) is 0 Å². The van der Waals surface area contributed by atoms with Crippen LogP contribution in [0.25, 0.3) is 12.2 Å². The highest BCUT2D eigenvalue weighted by molar-refractivity contribution is 5.87. The van der Waals surface area contributed by atoms with Crippen molar-refractivity contribution in [3.05, 3.63) is 80.8 Å². The van der Waals surface area contributed by atoms with Crippen LogP contribution in [0.1, 0.15) is 34.1 Å². The van der Waals surface area contributed by atoms with Crippen LogP contribution in [0.15, 0.2) is 64.7 Å². The number of allylic oxidation sites excluding steroid dienone is 7. The SMILES string of the molecule is CC1(C)C=CC=C2CC(=O)NC2=C1.CC1(C)C=CC=c2ccc(=O)[nH]c2=C1. The molecule has 0 spiro atoms. The maximum Gasteiger partial charge on any atom is 0.248 e. The molecule has 140 valence electrons. The number of nitrogens with one attached hydrogen (secondary N) is 2. The van der Waals surface area contributed by atoms with E-state index in [-0.39, 0.29) is 22.3 Å². The summed E-state index contributed by atoms with van der Waals surface area (Å²) in [7, 11) is 0. The zero-order chi connectivity index (χ0) is 19.7. The van der Waals surface area contributed by atoms with Gasteiger partial charge in [-0.15, -0.1) is 0 Å². The molecule has 4 rings (SSSR count). The summed E-state index contributed by atoms with van der Waals surface area (Å²) < 4.78 is 0. The van der Waals surface area contributed by atoms with Crippen molar-refractivity contribution in [3.8, 4) is 0 Å². The van der Waals surface area contributed by atoms with E-state index in [1.807, 2.05) is 30.4 Å². The van der Waals surface area contributed by atoms with Crippen LogP contribution in [0.4, 0.5) is 0 Å². The van der Waals surface area contributed by atoms with Crippen molar-refractivity contribution in [2.24, 2.45) is 10.8 Å². The predicted molar refractivity (Wildman–Crippen MR) is 110 cm³/mol. The summed E-state index contributed by atoms with van der Waals surface area (Å²) in [5, 5.41) is 4.84. The average Bonchev–Trinajstić information content (AvgIpc) is 2.71. The molecule has 0 atom stereocenters. The third-order valence-corrected chi connectivity index (χ3v) is 4.61. The van der Waals surface area contributed by atoms with Gasteiger partial charge in [-0.2, -0.15) is 0 Å². The number of carbonyl (C=O) groups is 1. The fraction of sp³-hybridized carbons (Fsp3) is 0.304. The first-order valence-electron chi connectivity index (χ1n) is 9.17. The standard InChI is InChI=1S/C12H13NO.C11H13NO/c1-12(2)7-3-4-9-5-6-11(14)13-10(9)8-12;1-11(2)5-3-4-8-6-10(13)12-9(8)7-11/h3-8H,1-2H3,(H,13,14);3-5,7H,6H2,1-2H3,(H,12,13). The highest BCUT2D eigenvalue weighted by atomic mass is 16.2. The highest BCUT2D eigenvalue weighted by Crippen LogP contribution is 2.29. The van der Waals surface area contributed by atoms with E-state index in [0.717, 1.165) is 21.8 Å². The second-order valence-corrected chi connectivity index (χ2v) is 8.34. The first-order valence-corrected chi connectivity index (χ1v) is 9.17. The van der Waals surface area contributed by atoms with E-state index in [1.165, 1.54) is 0 Å². The first kappa shape index (κ1) is 18.9. The van der Waals surface area contributed by atoms with Crippen LogP contribution in [0.3, 0.4) is 0 Å². The van der Waals surface area contributed by atoms with Gasteiger partial charge in [0, 0.05) is 27.9 Å². The molecule has 4 nitrogen and oxygen atoms in total. The topological polar surface area (TPSA) is 62.0 Å². The normalized spacial score (nSPS) is 20.8. The number of H-pyrrole nitrogens is 1. The van der Waals surface area contributed by atoms with Crippen molar-refractivity contribution < 1.29 is 4.79 Å². The maximum atomic E-state index is 11.2. The van der Waals surface area contributed by atoms with Crippen molar-refractivity contribution >= 4 is 18.1 Å². The molecule has 27 heavy (non-hydrogen) atoms. The zero-order valence-corrected chi connectivity index (χ0v) is 16.3. The minimum Gasteiger partial charge on any atom is -0.326 e. The number of hydrogen-bond acceptors (Lipinski definition) is 2. The molecule has 2 heterocycles. The van der Waals surface area contributed by atoms with Gasteiger partial charge in [0.1, 0.15) is 0 Å². The van der Waals surface area contributed by atoms with Gasteiger partial charge in [0.2, 0.25) is 11.5 Å². The quantitative estimate of drug-likeness (QED) is 0.745. The van der Waals surface area contributed by atoms with E-state index in [9.17, 15) is 9.59 Å². The second kappa shape index (κ2) is 7.03. The minimum atomic E-state index is -0.0499. The molecule has 0 bridgehead atoms. The van der Waals surface area contributed by atoms with E-state index in [1.54, 1.807) is 6.07 Å². The van der Waals surface area contributed by atoms with Crippen molar-refractivity contribution in [2.75, 3.05) is 0 Å². The molecule has 1 fully saturated rings. The summed E-state index contributed by atoms with van der Waals surface area (Å²) in [5.74, 6) is 0.101. The third-order valence-electron chi connectivity index (χ3n) is 4.61. The van der Waals surface area contributed by atoms with Gasteiger partial charge in [-0.3, -0.25) is 9.59 Å². The molecule has 2 aliphatic carbocycles. The van der Waals surface area contributed by atoms with Gasteiger partial charge in [0.05, 0.1) is 6.42 Å². The summed E-state index contributed by atoms with van der Waals surface area (Å²) in [6, 6.07) is 3.39. The van der Waals surface area contributed by atoms with E-state index in [2.05, 4.69) is 62.3 Å². The summed E-state index contributed by atoms with van der Waals surface area (Å²) >= 11 is 0. The van der Waals surface area contributed by atoms with E-state index in [0.29, 0.717) is 6.42 Å². The number of fused-ring (bicyclic) bond motifs is 2. The van der Waals surface area contributed by atoms with Crippen LogP contribution in [0.5, 0.6) is 0 Å². The van der Waals surface area contributed by atoms with Gasteiger partial charge in [-0.05, 0) is 16.9 Å². The lowest BCUT2D eigenvalue weighted by Gasteiger charge is -2.14. The summed E-state index contributed by atoms with van der Waals surface area (Å²) in [5.41, 5.74) is 2.06. The van der Waals surface area contributed by atoms with Crippen LogP contribution in [0, 0.1) is 10.8 Å². The molecule has 2 N–H and O–H groups in total. The number of aromatic nitrogens is 1. The number of carbonyl (C=O) groups excluding carboxylic acids is 1. The average molecular weight is 362 g/mol. The van der Waals surface area contributed by atoms with E-state index >= 15 is 0 Å². The number of aromatic amines is 1. The summed E-state index contributed by atoms with van der Waals surface area (Å²) in [4.78, 5) is 25.1. The molecule has 1 aliphatic heterocycles. The molecule has 3 aliphatic rings. The number of pyridine rings is 1. The Morgan fingerprint density at radius 3 is 2.30 bits per heavy atom. The lowest BCUT2D eigenvalue weighted by molar-refractivity contribution is -0.118. The summed E-state index contributed by atoms with van der Waals surface area (Å²) in [6.45, 7) is 8.46. The number of rotatable bonds is 0. The van der Waals surface area contributed by atoms with Crippen molar-refractivity contribution in [1.82, 2.24) is 10.3 Å². The number of hydrogen-bond donors (Lipinski definition) is 2. The van der Waals surface area contributed by atoms with Crippen LogP contribution in [-0.4, -0.2) is 10.9 Å². The van der Waals surface area contributed by atoms with Gasteiger partial charge in [-0.25, -0.2) is 0 Å². The van der Waals surface area contributed by atoms with Gasteiger partial charge in [0.25, 0.3) is 0 Å². The smallest absolute Gasteiger partial charge is 0.248 e. The van der Waals surface area contributed by atoms with Crippen LogP contribution in [-0.2, 0) is 4.79 Å². The molecule has 0 aromatic carbocycles. The minimum absolute atomic E-state index is 0.00789. The van der Waals surface area contributed by atoms with Crippen LogP contribution < -0.4 is 21.4 Å². The van der Waals surface area contributed by atoms with E-state index in [4.69, 9.17) is 0 Å². The number of amides is 1. The first-order chi connectivity index (χ1) is 12.6. The largest absolute Gasteiger partial charge is 0.326 e. The van der Waals surface area contributed by atoms with Gasteiger partial charge in [0.15, 0.2) is 0 Å². The molecular weight excluding hydrogens is 336 g/mol. The lowest BCUT2D eigenvalue weighted by atomic mass is 9.92. The Labute approximate surface area is 159 Å². The van der Waals surface area contributed by atoms with Gasteiger partial charge in [-0.1, -0.05) is 76.3 Å². The van der Waals surface area contributed by atoms with Crippen LogP contribution >= 0.6 is 0 Å². The molecule has 0 radical (unpaired) electrons.